The fourth-order valence-corrected chi connectivity index (χ4v) is 2.39. The number of nitrogens with zero attached hydrogens (tertiary/aromatic N) is 2. The SMILES string of the molecule is COC(=O)c1cccn([C@@H]2CCN(C)C[C@H]2F)c1=O. The molecule has 2 rings (SSSR count). The quantitative estimate of drug-likeness (QED) is 0.746. The fraction of sp³-hybridized carbons (Fsp3) is 0.538. The van der Waals surface area contributed by atoms with Crippen molar-refractivity contribution in [2.24, 2.45) is 0 Å². The van der Waals surface area contributed by atoms with Crippen LogP contribution in [0.1, 0.15) is 22.8 Å². The van der Waals surface area contributed by atoms with Crippen molar-refractivity contribution in [2.45, 2.75) is 18.6 Å². The predicted octanol–water partition coefficient (Wildman–Crippen LogP) is 0.850. The van der Waals surface area contributed by atoms with Crippen LogP contribution >= 0.6 is 0 Å². The van der Waals surface area contributed by atoms with Gasteiger partial charge in [0.1, 0.15) is 11.7 Å². The zero-order valence-corrected chi connectivity index (χ0v) is 11.0. The van der Waals surface area contributed by atoms with Crippen LogP contribution in [0.2, 0.25) is 0 Å². The minimum atomic E-state index is -1.12. The van der Waals surface area contributed by atoms with Crippen LogP contribution in [0.4, 0.5) is 4.39 Å². The van der Waals surface area contributed by atoms with Crippen LogP contribution in [-0.2, 0) is 4.74 Å². The third-order valence-electron chi connectivity index (χ3n) is 3.45. The van der Waals surface area contributed by atoms with Crippen molar-refractivity contribution in [3.8, 4) is 0 Å². The lowest BCUT2D eigenvalue weighted by Gasteiger charge is -2.33. The van der Waals surface area contributed by atoms with E-state index in [0.29, 0.717) is 13.0 Å². The molecule has 1 aliphatic rings. The van der Waals surface area contributed by atoms with E-state index in [0.717, 1.165) is 6.54 Å². The van der Waals surface area contributed by atoms with Gasteiger partial charge in [-0.3, -0.25) is 4.79 Å². The van der Waals surface area contributed by atoms with E-state index in [9.17, 15) is 14.0 Å². The molecule has 1 saturated heterocycles. The molecule has 6 heteroatoms. The molecule has 5 nitrogen and oxygen atoms in total. The molecule has 0 radical (unpaired) electrons. The van der Waals surface area contributed by atoms with Gasteiger partial charge < -0.3 is 14.2 Å². The number of aromatic nitrogens is 1. The predicted molar refractivity (Wildman–Crippen MR) is 68.1 cm³/mol. The van der Waals surface area contributed by atoms with Gasteiger partial charge >= 0.3 is 5.97 Å². The second-order valence-corrected chi connectivity index (χ2v) is 4.76. The van der Waals surface area contributed by atoms with Gasteiger partial charge in [-0.05, 0) is 25.6 Å². The standard InChI is InChI=1S/C13H17FN2O3/c1-15-7-5-11(10(14)8-15)16-6-3-4-9(12(16)17)13(18)19-2/h3-4,6,10-11H,5,7-8H2,1-2H3/t10-,11-/m1/s1. The van der Waals surface area contributed by atoms with Crippen LogP contribution in [0.25, 0.3) is 0 Å². The molecule has 104 valence electrons. The Labute approximate surface area is 110 Å². The Morgan fingerprint density at radius 2 is 2.26 bits per heavy atom. The van der Waals surface area contributed by atoms with E-state index in [1.165, 1.54) is 23.9 Å². The fourth-order valence-electron chi connectivity index (χ4n) is 2.39. The molecular formula is C13H17FN2O3. The van der Waals surface area contributed by atoms with Crippen LogP contribution in [-0.4, -0.2) is 48.9 Å². The number of alkyl halides is 1. The topological polar surface area (TPSA) is 51.5 Å². The Hall–Kier alpha value is -1.69. The third kappa shape index (κ3) is 2.68. The first-order chi connectivity index (χ1) is 9.04. The summed E-state index contributed by atoms with van der Waals surface area (Å²) in [6.45, 7) is 1.01. The lowest BCUT2D eigenvalue weighted by Crippen LogP contribution is -2.43. The number of halogens is 1. The van der Waals surface area contributed by atoms with Crippen molar-refractivity contribution < 1.29 is 13.9 Å². The Bertz CT molecular complexity index is 529. The summed E-state index contributed by atoms with van der Waals surface area (Å²) in [5, 5.41) is 0. The van der Waals surface area contributed by atoms with E-state index in [1.54, 1.807) is 6.07 Å². The van der Waals surface area contributed by atoms with E-state index in [4.69, 9.17) is 0 Å². The summed E-state index contributed by atoms with van der Waals surface area (Å²) in [6.07, 6.45) is 0.948. The summed E-state index contributed by atoms with van der Waals surface area (Å²) >= 11 is 0. The van der Waals surface area contributed by atoms with Crippen LogP contribution in [0.5, 0.6) is 0 Å². The summed E-state index contributed by atoms with van der Waals surface area (Å²) in [5.74, 6) is -0.692. The molecule has 1 aromatic rings. The number of hydrogen-bond acceptors (Lipinski definition) is 4. The van der Waals surface area contributed by atoms with Gasteiger partial charge in [0.05, 0.1) is 13.2 Å². The first-order valence-corrected chi connectivity index (χ1v) is 6.16. The van der Waals surface area contributed by atoms with Crippen LogP contribution in [0, 0.1) is 0 Å². The molecule has 1 aliphatic heterocycles. The number of methoxy groups -OCH3 is 1. The summed E-state index contributed by atoms with van der Waals surface area (Å²) in [6, 6.07) is 2.44. The molecule has 19 heavy (non-hydrogen) atoms. The number of carbonyl (C=O) groups is 1. The lowest BCUT2D eigenvalue weighted by molar-refractivity contribution is 0.0595. The molecule has 0 aromatic carbocycles. The number of carbonyl (C=O) groups excluding carboxylic acids is 1. The second-order valence-electron chi connectivity index (χ2n) is 4.76. The first-order valence-electron chi connectivity index (χ1n) is 6.16. The van der Waals surface area contributed by atoms with Crippen molar-refractivity contribution in [3.05, 3.63) is 34.2 Å². The Morgan fingerprint density at radius 1 is 1.53 bits per heavy atom. The van der Waals surface area contributed by atoms with E-state index >= 15 is 0 Å². The highest BCUT2D eigenvalue weighted by molar-refractivity contribution is 5.88. The maximum atomic E-state index is 14.1. The molecule has 2 heterocycles. The highest BCUT2D eigenvalue weighted by atomic mass is 19.1. The maximum Gasteiger partial charge on any atom is 0.343 e. The van der Waals surface area contributed by atoms with Crippen LogP contribution < -0.4 is 5.56 Å². The highest BCUT2D eigenvalue weighted by Gasteiger charge is 2.30. The van der Waals surface area contributed by atoms with Crippen LogP contribution in [0.3, 0.4) is 0 Å². The number of rotatable bonds is 2. The van der Waals surface area contributed by atoms with Gasteiger partial charge in [-0.25, -0.2) is 9.18 Å². The maximum absolute atomic E-state index is 14.1. The third-order valence-corrected chi connectivity index (χ3v) is 3.45. The zero-order valence-electron chi connectivity index (χ0n) is 11.0. The van der Waals surface area contributed by atoms with Crippen molar-refractivity contribution in [1.29, 1.82) is 0 Å². The van der Waals surface area contributed by atoms with Gasteiger partial charge in [0.2, 0.25) is 0 Å². The van der Waals surface area contributed by atoms with Gasteiger partial charge in [-0.1, -0.05) is 0 Å². The number of piperidine rings is 1. The number of pyridine rings is 1. The number of esters is 1. The minimum Gasteiger partial charge on any atom is -0.465 e. The molecule has 1 aromatic heterocycles. The van der Waals surface area contributed by atoms with E-state index < -0.39 is 23.7 Å². The van der Waals surface area contributed by atoms with Gasteiger partial charge in [-0.2, -0.15) is 0 Å². The molecular weight excluding hydrogens is 251 g/mol. The van der Waals surface area contributed by atoms with E-state index in [2.05, 4.69) is 4.74 Å². The average molecular weight is 268 g/mol. The summed E-state index contributed by atoms with van der Waals surface area (Å²) in [5.41, 5.74) is -0.553. The number of likely N-dealkylation sites (tertiary alicyclic amines) is 1. The number of ether oxygens (including phenoxy) is 1. The second kappa shape index (κ2) is 5.52. The summed E-state index contributed by atoms with van der Waals surface area (Å²) < 4.78 is 19.9. The Balaban J connectivity index is 2.35. The van der Waals surface area contributed by atoms with Crippen LogP contribution in [0.15, 0.2) is 23.1 Å². The smallest absolute Gasteiger partial charge is 0.343 e. The summed E-state index contributed by atoms with van der Waals surface area (Å²) in [4.78, 5) is 25.5. The Kier molecular flexibility index (Phi) is 3.99. The van der Waals surface area contributed by atoms with E-state index in [1.807, 2.05) is 11.9 Å². The normalized spacial score (nSPS) is 24.2. The molecule has 0 amide bonds. The van der Waals surface area contributed by atoms with E-state index in [-0.39, 0.29) is 5.56 Å². The molecule has 1 fully saturated rings. The largest absolute Gasteiger partial charge is 0.465 e. The zero-order chi connectivity index (χ0) is 14.0. The molecule has 2 atom stereocenters. The summed E-state index contributed by atoms with van der Waals surface area (Å²) in [7, 11) is 3.06. The molecule has 0 bridgehead atoms. The number of hydrogen-bond donors (Lipinski definition) is 0. The van der Waals surface area contributed by atoms with Crippen molar-refractivity contribution in [2.75, 3.05) is 27.2 Å². The highest BCUT2D eigenvalue weighted by Crippen LogP contribution is 2.23. The van der Waals surface area contributed by atoms with Gasteiger partial charge in [0.25, 0.3) is 5.56 Å². The van der Waals surface area contributed by atoms with Crippen molar-refractivity contribution >= 4 is 5.97 Å². The average Bonchev–Trinajstić information content (AvgIpc) is 2.39. The van der Waals surface area contributed by atoms with Gasteiger partial charge in [-0.15, -0.1) is 0 Å². The van der Waals surface area contributed by atoms with Gasteiger partial charge in [0, 0.05) is 19.3 Å². The molecule has 0 spiro atoms. The molecule has 0 aliphatic carbocycles. The molecule has 0 saturated carbocycles. The minimum absolute atomic E-state index is 0.0591. The molecule has 0 N–H and O–H groups in total. The first kappa shape index (κ1) is 13.7. The van der Waals surface area contributed by atoms with Crippen molar-refractivity contribution in [3.63, 3.8) is 0 Å². The monoisotopic (exact) mass is 268 g/mol. The lowest BCUT2D eigenvalue weighted by atomic mass is 10.0. The van der Waals surface area contributed by atoms with Gasteiger partial charge in [0.15, 0.2) is 0 Å². The Morgan fingerprint density at radius 3 is 2.89 bits per heavy atom. The van der Waals surface area contributed by atoms with Crippen molar-refractivity contribution in [1.82, 2.24) is 9.47 Å². The molecule has 0 unspecified atom stereocenters.